The maximum absolute atomic E-state index is 10.5. The van der Waals surface area contributed by atoms with E-state index in [0.29, 0.717) is 38.5 Å². The van der Waals surface area contributed by atoms with Gasteiger partial charge in [0.2, 0.25) is 0 Å². The molecule has 0 saturated heterocycles. The van der Waals surface area contributed by atoms with E-state index >= 15 is 0 Å². The topological polar surface area (TPSA) is 111 Å². The van der Waals surface area contributed by atoms with Gasteiger partial charge in [-0.05, 0) is 49.7 Å². The Balaban J connectivity index is 1.81. The number of carboxylic acid groups (broad SMARTS) is 1. The van der Waals surface area contributed by atoms with Crippen LogP contribution in [0.25, 0.3) is 0 Å². The highest BCUT2D eigenvalue weighted by Gasteiger charge is 2.39. The number of aliphatic carboxylic acids is 1. The van der Waals surface area contributed by atoms with Gasteiger partial charge in [0.25, 0.3) is 0 Å². The lowest BCUT2D eigenvalue weighted by Gasteiger charge is -2.19. The summed E-state index contributed by atoms with van der Waals surface area (Å²) in [5.74, 6) is -1.10. The molecular weight excluding hydrogens is 348 g/mol. The quantitative estimate of drug-likeness (QED) is 0.348. The molecule has 1 heterocycles. The zero-order valence-corrected chi connectivity index (χ0v) is 15.5. The van der Waals surface area contributed by atoms with Gasteiger partial charge in [-0.25, -0.2) is 0 Å². The Hall–Kier alpha value is -1.89. The summed E-state index contributed by atoms with van der Waals surface area (Å²) in [6, 6.07) is 1.87. The summed E-state index contributed by atoms with van der Waals surface area (Å²) in [6.45, 7) is 0. The maximum atomic E-state index is 10.5. The Morgan fingerprint density at radius 3 is 2.81 bits per heavy atom. The lowest BCUT2D eigenvalue weighted by molar-refractivity contribution is -0.137. The van der Waals surface area contributed by atoms with E-state index < -0.39 is 24.3 Å². The van der Waals surface area contributed by atoms with Crippen molar-refractivity contribution in [2.75, 3.05) is 0 Å². The smallest absolute Gasteiger partial charge is 0.303 e. The molecule has 4 N–H and O–H groups in total. The monoisotopic (exact) mass is 378 g/mol. The first kappa shape index (κ1) is 21.4. The standard InChI is InChI=1S/C21H30O6/c22-16(8-7-15-11-12-27-14-15)9-10-18-17(19(23)13-20(18)24)5-3-1-2-4-6-21(25)26/h1,3,9-12,14,16-20,22-24H,2,4-8,13H2,(H,25,26)/b3-1+,10-9+. The molecule has 1 aliphatic carbocycles. The first-order valence-electron chi connectivity index (χ1n) is 9.57. The number of carbonyl (C=O) groups is 1. The SMILES string of the molecule is O=C(O)CCC/C=C/CC1C(O)CC(O)C1/C=C/C(O)CCc1ccoc1. The second-order valence-corrected chi connectivity index (χ2v) is 7.23. The van der Waals surface area contributed by atoms with Crippen molar-refractivity contribution in [3.05, 3.63) is 48.5 Å². The van der Waals surface area contributed by atoms with Gasteiger partial charge in [0, 0.05) is 18.8 Å². The predicted molar refractivity (Wildman–Crippen MR) is 101 cm³/mol. The van der Waals surface area contributed by atoms with Crippen LogP contribution in [-0.4, -0.2) is 44.7 Å². The molecule has 5 unspecified atom stereocenters. The Bertz CT molecular complexity index is 606. The van der Waals surface area contributed by atoms with E-state index in [2.05, 4.69) is 0 Å². The molecule has 1 saturated carbocycles. The van der Waals surface area contributed by atoms with Gasteiger partial charge < -0.3 is 24.8 Å². The number of rotatable bonds is 11. The highest BCUT2D eigenvalue weighted by molar-refractivity contribution is 5.66. The number of unbranched alkanes of at least 4 members (excludes halogenated alkanes) is 1. The minimum Gasteiger partial charge on any atom is -0.481 e. The lowest BCUT2D eigenvalue weighted by Crippen LogP contribution is -2.20. The Morgan fingerprint density at radius 2 is 2.11 bits per heavy atom. The average Bonchev–Trinajstić information content (AvgIpc) is 3.22. The molecule has 2 rings (SSSR count). The molecule has 0 radical (unpaired) electrons. The van der Waals surface area contributed by atoms with Crippen molar-refractivity contribution in [1.29, 1.82) is 0 Å². The molecule has 1 fully saturated rings. The molecule has 0 spiro atoms. The van der Waals surface area contributed by atoms with Gasteiger partial charge in [-0.15, -0.1) is 0 Å². The zero-order chi connectivity index (χ0) is 19.6. The molecule has 1 aliphatic rings. The predicted octanol–water partition coefficient (Wildman–Crippen LogP) is 2.69. The summed E-state index contributed by atoms with van der Waals surface area (Å²) in [5.41, 5.74) is 1.03. The van der Waals surface area contributed by atoms with Crippen LogP contribution < -0.4 is 0 Å². The van der Waals surface area contributed by atoms with Gasteiger partial charge >= 0.3 is 5.97 Å². The third-order valence-corrected chi connectivity index (χ3v) is 5.12. The first-order chi connectivity index (χ1) is 13.0. The molecule has 6 nitrogen and oxygen atoms in total. The van der Waals surface area contributed by atoms with E-state index in [1.165, 1.54) is 0 Å². The first-order valence-corrected chi connectivity index (χ1v) is 9.57. The third-order valence-electron chi connectivity index (χ3n) is 5.12. The number of carboxylic acids is 1. The largest absolute Gasteiger partial charge is 0.481 e. The van der Waals surface area contributed by atoms with Crippen LogP contribution in [0.2, 0.25) is 0 Å². The molecule has 1 aromatic rings. The van der Waals surface area contributed by atoms with Crippen molar-refractivity contribution >= 4 is 5.97 Å². The summed E-state index contributed by atoms with van der Waals surface area (Å²) in [6.07, 6.45) is 12.5. The number of aliphatic hydroxyl groups excluding tert-OH is 3. The molecule has 5 atom stereocenters. The molecule has 0 bridgehead atoms. The fourth-order valence-electron chi connectivity index (χ4n) is 3.55. The Morgan fingerprint density at radius 1 is 1.30 bits per heavy atom. The zero-order valence-electron chi connectivity index (χ0n) is 15.5. The van der Waals surface area contributed by atoms with Gasteiger partial charge in [0.05, 0.1) is 30.8 Å². The van der Waals surface area contributed by atoms with Crippen LogP contribution in [-0.2, 0) is 11.2 Å². The van der Waals surface area contributed by atoms with Crippen LogP contribution in [0.5, 0.6) is 0 Å². The number of furan rings is 1. The second kappa shape index (κ2) is 11.1. The minimum atomic E-state index is -0.797. The normalized spacial score (nSPS) is 26.9. The second-order valence-electron chi connectivity index (χ2n) is 7.23. The number of hydrogen-bond donors (Lipinski definition) is 4. The van der Waals surface area contributed by atoms with E-state index in [1.807, 2.05) is 24.3 Å². The summed E-state index contributed by atoms with van der Waals surface area (Å²) in [5, 5.41) is 39.2. The highest BCUT2D eigenvalue weighted by atomic mass is 16.4. The lowest BCUT2D eigenvalue weighted by atomic mass is 9.89. The van der Waals surface area contributed by atoms with Crippen LogP contribution in [0.1, 0.15) is 44.1 Å². The maximum Gasteiger partial charge on any atom is 0.303 e. The molecule has 0 aliphatic heterocycles. The van der Waals surface area contributed by atoms with Crippen molar-refractivity contribution in [2.45, 2.75) is 63.3 Å². The van der Waals surface area contributed by atoms with E-state index in [9.17, 15) is 20.1 Å². The Kier molecular flexibility index (Phi) is 8.78. The number of allylic oxidation sites excluding steroid dienone is 2. The molecular formula is C21H30O6. The van der Waals surface area contributed by atoms with Crippen LogP contribution in [0, 0.1) is 11.8 Å². The van der Waals surface area contributed by atoms with Crippen molar-refractivity contribution in [3.8, 4) is 0 Å². The molecule has 0 aromatic carbocycles. The summed E-state index contributed by atoms with van der Waals surface area (Å²) < 4.78 is 5.01. The number of hydrogen-bond acceptors (Lipinski definition) is 5. The minimum absolute atomic E-state index is 0.104. The Labute approximate surface area is 159 Å². The van der Waals surface area contributed by atoms with Crippen molar-refractivity contribution in [2.24, 2.45) is 11.8 Å². The third kappa shape index (κ3) is 7.33. The van der Waals surface area contributed by atoms with Crippen LogP contribution >= 0.6 is 0 Å². The van der Waals surface area contributed by atoms with Crippen LogP contribution in [0.15, 0.2) is 47.3 Å². The molecule has 27 heavy (non-hydrogen) atoms. The van der Waals surface area contributed by atoms with E-state index in [1.54, 1.807) is 18.6 Å². The highest BCUT2D eigenvalue weighted by Crippen LogP contribution is 2.36. The van der Waals surface area contributed by atoms with E-state index in [4.69, 9.17) is 9.52 Å². The van der Waals surface area contributed by atoms with E-state index in [0.717, 1.165) is 5.56 Å². The fourth-order valence-corrected chi connectivity index (χ4v) is 3.55. The number of aryl methyl sites for hydroxylation is 1. The van der Waals surface area contributed by atoms with Gasteiger partial charge in [-0.3, -0.25) is 4.79 Å². The number of aliphatic hydroxyl groups is 3. The van der Waals surface area contributed by atoms with Crippen molar-refractivity contribution < 1.29 is 29.6 Å². The van der Waals surface area contributed by atoms with Crippen molar-refractivity contribution in [1.82, 2.24) is 0 Å². The fraction of sp³-hybridized carbons (Fsp3) is 0.571. The van der Waals surface area contributed by atoms with Crippen LogP contribution in [0.4, 0.5) is 0 Å². The molecule has 0 amide bonds. The summed E-state index contributed by atoms with van der Waals surface area (Å²) >= 11 is 0. The van der Waals surface area contributed by atoms with Gasteiger partial charge in [0.15, 0.2) is 0 Å². The molecule has 6 heteroatoms. The van der Waals surface area contributed by atoms with Gasteiger partial charge in [-0.1, -0.05) is 24.3 Å². The van der Waals surface area contributed by atoms with Gasteiger partial charge in [-0.2, -0.15) is 0 Å². The average molecular weight is 378 g/mol. The van der Waals surface area contributed by atoms with Gasteiger partial charge in [0.1, 0.15) is 0 Å². The molecule has 1 aromatic heterocycles. The molecule has 150 valence electrons. The van der Waals surface area contributed by atoms with Crippen molar-refractivity contribution in [3.63, 3.8) is 0 Å². The summed E-state index contributed by atoms with van der Waals surface area (Å²) in [7, 11) is 0. The summed E-state index contributed by atoms with van der Waals surface area (Å²) in [4.78, 5) is 10.5. The van der Waals surface area contributed by atoms with E-state index in [-0.39, 0.29) is 18.3 Å². The van der Waals surface area contributed by atoms with Crippen LogP contribution in [0.3, 0.4) is 0 Å².